The molecule has 1 aliphatic carbocycles. The number of nitrogens with zero attached hydrogens (tertiary/aromatic N) is 1. The lowest BCUT2D eigenvalue weighted by Gasteiger charge is -1.87. The summed E-state index contributed by atoms with van der Waals surface area (Å²) in [6, 6.07) is 0. The van der Waals surface area contributed by atoms with Crippen LogP contribution in [0.25, 0.3) is 0 Å². The molecular formula is C8H11NO2. The van der Waals surface area contributed by atoms with Crippen molar-refractivity contribution < 1.29 is 9.52 Å². The molecule has 0 saturated heterocycles. The Hall–Kier alpha value is -0.830. The van der Waals surface area contributed by atoms with Crippen LogP contribution >= 0.6 is 0 Å². The lowest BCUT2D eigenvalue weighted by Crippen LogP contribution is -1.78. The Morgan fingerprint density at radius 2 is 2.55 bits per heavy atom. The molecule has 1 N–H and O–H groups in total. The Bertz CT molecular complexity index is 256. The van der Waals surface area contributed by atoms with E-state index in [0.717, 1.165) is 5.89 Å². The molecule has 60 valence electrons. The molecule has 1 saturated carbocycles. The van der Waals surface area contributed by atoms with E-state index in [4.69, 9.17) is 9.52 Å². The predicted octanol–water partition coefficient (Wildman–Crippen LogP) is 1.29. The molecule has 1 aromatic heterocycles. The van der Waals surface area contributed by atoms with Crippen LogP contribution in [-0.2, 0) is 6.61 Å². The van der Waals surface area contributed by atoms with Gasteiger partial charge in [0.05, 0.1) is 6.20 Å². The molecule has 0 spiro atoms. The Kier molecular flexibility index (Phi) is 1.46. The molecule has 2 rings (SSSR count). The molecule has 1 heterocycles. The molecule has 3 heteroatoms. The fourth-order valence-corrected chi connectivity index (χ4v) is 1.23. The van der Waals surface area contributed by atoms with E-state index in [1.54, 1.807) is 6.20 Å². The lowest BCUT2D eigenvalue weighted by molar-refractivity contribution is 0.243. The van der Waals surface area contributed by atoms with Crippen molar-refractivity contribution >= 4 is 0 Å². The molecule has 2 atom stereocenters. The second-order valence-corrected chi connectivity index (χ2v) is 3.14. The van der Waals surface area contributed by atoms with Gasteiger partial charge in [-0.15, -0.1) is 0 Å². The van der Waals surface area contributed by atoms with E-state index in [0.29, 0.717) is 17.6 Å². The molecule has 0 aromatic carbocycles. The first-order chi connectivity index (χ1) is 5.31. The van der Waals surface area contributed by atoms with E-state index in [9.17, 15) is 0 Å². The third-order valence-corrected chi connectivity index (χ3v) is 2.15. The lowest BCUT2D eigenvalue weighted by atomic mass is 10.3. The number of aromatic nitrogens is 1. The first kappa shape index (κ1) is 6.85. The van der Waals surface area contributed by atoms with Gasteiger partial charge < -0.3 is 9.52 Å². The minimum Gasteiger partial charge on any atom is -0.443 e. The van der Waals surface area contributed by atoms with Crippen LogP contribution in [0, 0.1) is 5.92 Å². The third kappa shape index (κ3) is 1.16. The number of oxazole rings is 1. The standard InChI is InChI=1S/C8H11NO2/c1-5-2-7(5)8-9-3-6(4-10)11-8/h3,5,7,10H,2,4H2,1H3/t5-,7+/m0/s1. The fourth-order valence-electron chi connectivity index (χ4n) is 1.23. The van der Waals surface area contributed by atoms with Gasteiger partial charge in [0.15, 0.2) is 5.89 Å². The quantitative estimate of drug-likeness (QED) is 0.696. The first-order valence-electron chi connectivity index (χ1n) is 3.86. The summed E-state index contributed by atoms with van der Waals surface area (Å²) in [6.07, 6.45) is 2.77. The van der Waals surface area contributed by atoms with E-state index in [1.165, 1.54) is 6.42 Å². The summed E-state index contributed by atoms with van der Waals surface area (Å²) in [5, 5.41) is 8.69. The maximum atomic E-state index is 8.69. The average molecular weight is 153 g/mol. The zero-order valence-corrected chi connectivity index (χ0v) is 6.45. The predicted molar refractivity (Wildman–Crippen MR) is 38.9 cm³/mol. The highest BCUT2D eigenvalue weighted by Crippen LogP contribution is 2.46. The highest BCUT2D eigenvalue weighted by molar-refractivity contribution is 5.07. The van der Waals surface area contributed by atoms with Crippen molar-refractivity contribution in [1.82, 2.24) is 4.98 Å². The number of aliphatic hydroxyl groups excluding tert-OH is 1. The SMILES string of the molecule is C[C@H]1C[C@H]1c1ncc(CO)o1. The Morgan fingerprint density at radius 3 is 3.00 bits per heavy atom. The van der Waals surface area contributed by atoms with E-state index in [2.05, 4.69) is 11.9 Å². The van der Waals surface area contributed by atoms with Crippen molar-refractivity contribution in [3.63, 3.8) is 0 Å². The topological polar surface area (TPSA) is 46.3 Å². The van der Waals surface area contributed by atoms with Crippen molar-refractivity contribution in [3.8, 4) is 0 Å². The number of hydrogen-bond donors (Lipinski definition) is 1. The largest absolute Gasteiger partial charge is 0.443 e. The summed E-state index contributed by atoms with van der Waals surface area (Å²) in [5.74, 6) is 2.58. The van der Waals surface area contributed by atoms with E-state index >= 15 is 0 Å². The van der Waals surface area contributed by atoms with Gasteiger partial charge in [-0.1, -0.05) is 6.92 Å². The van der Waals surface area contributed by atoms with Crippen molar-refractivity contribution in [2.45, 2.75) is 25.9 Å². The van der Waals surface area contributed by atoms with Crippen LogP contribution in [0.15, 0.2) is 10.6 Å². The van der Waals surface area contributed by atoms with Gasteiger partial charge >= 0.3 is 0 Å². The summed E-state index contributed by atoms with van der Waals surface area (Å²) in [6.45, 7) is 2.13. The highest BCUT2D eigenvalue weighted by Gasteiger charge is 2.37. The maximum absolute atomic E-state index is 8.69. The number of hydrogen-bond acceptors (Lipinski definition) is 3. The molecule has 0 unspecified atom stereocenters. The van der Waals surface area contributed by atoms with Gasteiger partial charge in [-0.2, -0.15) is 0 Å². The van der Waals surface area contributed by atoms with E-state index in [-0.39, 0.29) is 6.61 Å². The van der Waals surface area contributed by atoms with Crippen LogP contribution in [-0.4, -0.2) is 10.1 Å². The van der Waals surface area contributed by atoms with Gasteiger partial charge in [0.2, 0.25) is 0 Å². The van der Waals surface area contributed by atoms with E-state index in [1.807, 2.05) is 0 Å². The minimum absolute atomic E-state index is 0.0475. The minimum atomic E-state index is -0.0475. The second kappa shape index (κ2) is 2.34. The molecule has 3 nitrogen and oxygen atoms in total. The molecule has 0 bridgehead atoms. The number of rotatable bonds is 2. The van der Waals surface area contributed by atoms with Crippen LogP contribution in [0.5, 0.6) is 0 Å². The van der Waals surface area contributed by atoms with Crippen LogP contribution in [0.4, 0.5) is 0 Å². The molecule has 0 aliphatic heterocycles. The number of aliphatic hydroxyl groups is 1. The van der Waals surface area contributed by atoms with Gasteiger partial charge in [0.25, 0.3) is 0 Å². The summed E-state index contributed by atoms with van der Waals surface area (Å²) >= 11 is 0. The molecule has 1 fully saturated rings. The van der Waals surface area contributed by atoms with Crippen molar-refractivity contribution in [2.75, 3.05) is 0 Å². The molecule has 1 aliphatic rings. The third-order valence-electron chi connectivity index (χ3n) is 2.15. The van der Waals surface area contributed by atoms with Crippen molar-refractivity contribution in [1.29, 1.82) is 0 Å². The second-order valence-electron chi connectivity index (χ2n) is 3.14. The fraction of sp³-hybridized carbons (Fsp3) is 0.625. The van der Waals surface area contributed by atoms with Crippen molar-refractivity contribution in [3.05, 3.63) is 17.8 Å². The summed E-state index contributed by atoms with van der Waals surface area (Å²) in [4.78, 5) is 4.07. The van der Waals surface area contributed by atoms with Crippen LogP contribution in [0.1, 0.15) is 30.9 Å². The Morgan fingerprint density at radius 1 is 1.82 bits per heavy atom. The summed E-state index contributed by atoms with van der Waals surface area (Å²) in [7, 11) is 0. The zero-order valence-electron chi connectivity index (χ0n) is 6.45. The maximum Gasteiger partial charge on any atom is 0.197 e. The van der Waals surface area contributed by atoms with Crippen LogP contribution in [0.2, 0.25) is 0 Å². The van der Waals surface area contributed by atoms with Gasteiger partial charge in [-0.05, 0) is 12.3 Å². The summed E-state index contributed by atoms with van der Waals surface area (Å²) in [5.41, 5.74) is 0. The van der Waals surface area contributed by atoms with Gasteiger partial charge in [-0.25, -0.2) is 4.98 Å². The van der Waals surface area contributed by atoms with Gasteiger partial charge in [-0.3, -0.25) is 0 Å². The zero-order chi connectivity index (χ0) is 7.84. The van der Waals surface area contributed by atoms with Crippen molar-refractivity contribution in [2.24, 2.45) is 5.92 Å². The van der Waals surface area contributed by atoms with Crippen LogP contribution in [0.3, 0.4) is 0 Å². The summed E-state index contributed by atoms with van der Waals surface area (Å²) < 4.78 is 5.27. The Labute approximate surface area is 65.1 Å². The van der Waals surface area contributed by atoms with E-state index < -0.39 is 0 Å². The smallest absolute Gasteiger partial charge is 0.197 e. The molecule has 1 aromatic rings. The monoisotopic (exact) mass is 153 g/mol. The normalized spacial score (nSPS) is 28.9. The molecule has 0 radical (unpaired) electrons. The molecule has 11 heavy (non-hydrogen) atoms. The average Bonchev–Trinajstić information content (AvgIpc) is 2.59. The Balaban J connectivity index is 2.13. The first-order valence-corrected chi connectivity index (χ1v) is 3.86. The van der Waals surface area contributed by atoms with Gasteiger partial charge in [0.1, 0.15) is 12.4 Å². The van der Waals surface area contributed by atoms with Crippen LogP contribution < -0.4 is 0 Å². The molecule has 0 amide bonds. The van der Waals surface area contributed by atoms with Gasteiger partial charge in [0, 0.05) is 5.92 Å². The highest BCUT2D eigenvalue weighted by atomic mass is 16.4. The molecular weight excluding hydrogens is 142 g/mol.